The maximum atomic E-state index is 13.2. The van der Waals surface area contributed by atoms with E-state index in [0.29, 0.717) is 0 Å². The zero-order valence-corrected chi connectivity index (χ0v) is 8.49. The number of carbonyl (C=O) groups is 1. The number of benzene rings is 1. The lowest BCUT2D eigenvalue weighted by molar-refractivity contribution is 0.101. The molecule has 0 bridgehead atoms. The smallest absolute Gasteiger partial charge is 0.176 e. The maximum Gasteiger partial charge on any atom is 0.176 e. The predicted molar refractivity (Wildman–Crippen MR) is 49.2 cm³/mol. The van der Waals surface area contributed by atoms with Crippen LogP contribution in [-0.4, -0.2) is 11.1 Å². The third kappa shape index (κ3) is 1.94. The monoisotopic (exact) mass is 248 g/mol. The van der Waals surface area contributed by atoms with Gasteiger partial charge >= 0.3 is 0 Å². The van der Waals surface area contributed by atoms with Crippen LogP contribution in [0.5, 0.6) is 0 Å². The summed E-state index contributed by atoms with van der Waals surface area (Å²) in [6.07, 6.45) is 0. The Morgan fingerprint density at radius 3 is 2.62 bits per heavy atom. The van der Waals surface area contributed by atoms with Gasteiger partial charge in [0.1, 0.15) is 11.6 Å². The number of hydrogen-bond donors (Lipinski definition) is 0. The van der Waals surface area contributed by atoms with Gasteiger partial charge in [-0.25, -0.2) is 8.78 Å². The van der Waals surface area contributed by atoms with Gasteiger partial charge in [0.25, 0.3) is 0 Å². The van der Waals surface area contributed by atoms with Gasteiger partial charge in [0.2, 0.25) is 0 Å². The van der Waals surface area contributed by atoms with Crippen molar-refractivity contribution in [2.24, 2.45) is 0 Å². The molecule has 0 fully saturated rings. The van der Waals surface area contributed by atoms with E-state index in [1.54, 1.807) is 0 Å². The molecule has 0 heterocycles. The molecule has 1 aromatic carbocycles. The second-order valence-corrected chi connectivity index (χ2v) is 3.15. The summed E-state index contributed by atoms with van der Waals surface area (Å²) < 4.78 is 26.0. The number of ketones is 1. The Hall–Kier alpha value is -0.770. The highest BCUT2D eigenvalue weighted by atomic mass is 79.9. The first-order valence-electron chi connectivity index (χ1n) is 3.61. The molecular weight excluding hydrogens is 242 g/mol. The third-order valence-corrected chi connectivity index (χ3v) is 2.25. The van der Waals surface area contributed by atoms with Gasteiger partial charge in [-0.1, -0.05) is 15.9 Å². The second-order valence-electron chi connectivity index (χ2n) is 2.59. The molecule has 0 aliphatic rings. The molecule has 0 spiro atoms. The van der Waals surface area contributed by atoms with Gasteiger partial charge in [0.15, 0.2) is 5.78 Å². The predicted octanol–water partition coefficient (Wildman–Crippen LogP) is 2.85. The van der Waals surface area contributed by atoms with Gasteiger partial charge in [-0.15, -0.1) is 0 Å². The molecule has 0 atom stereocenters. The van der Waals surface area contributed by atoms with Crippen molar-refractivity contribution in [3.63, 3.8) is 0 Å². The Balaban J connectivity index is 3.26. The molecule has 1 aromatic rings. The molecule has 1 rings (SSSR count). The van der Waals surface area contributed by atoms with E-state index in [1.165, 1.54) is 6.92 Å². The van der Waals surface area contributed by atoms with Crippen molar-refractivity contribution in [1.29, 1.82) is 0 Å². The van der Waals surface area contributed by atoms with Crippen LogP contribution in [0, 0.1) is 18.6 Å². The molecule has 70 valence electrons. The summed E-state index contributed by atoms with van der Waals surface area (Å²) >= 11 is 2.92. The summed E-state index contributed by atoms with van der Waals surface area (Å²) in [5, 5.41) is 0.0367. The fourth-order valence-corrected chi connectivity index (χ4v) is 1.25. The average Bonchev–Trinajstić information content (AvgIpc) is 2.13. The first-order valence-corrected chi connectivity index (χ1v) is 4.74. The highest BCUT2D eigenvalue weighted by molar-refractivity contribution is 9.09. The lowest BCUT2D eigenvalue weighted by atomic mass is 10.1. The molecule has 13 heavy (non-hydrogen) atoms. The van der Waals surface area contributed by atoms with E-state index in [1.807, 2.05) is 0 Å². The van der Waals surface area contributed by atoms with Gasteiger partial charge in [-0.3, -0.25) is 4.79 Å². The fraction of sp³-hybridized carbons (Fsp3) is 0.222. The largest absolute Gasteiger partial charge is 0.293 e. The van der Waals surface area contributed by atoms with Gasteiger partial charge in [-0.05, 0) is 19.1 Å². The van der Waals surface area contributed by atoms with Crippen molar-refractivity contribution in [2.45, 2.75) is 6.92 Å². The van der Waals surface area contributed by atoms with Crippen LogP contribution < -0.4 is 0 Å². The molecule has 0 aromatic heterocycles. The minimum atomic E-state index is -0.774. The van der Waals surface area contributed by atoms with E-state index in [-0.39, 0.29) is 22.2 Å². The molecule has 4 heteroatoms. The quantitative estimate of drug-likeness (QED) is 0.581. The fourth-order valence-electron chi connectivity index (χ4n) is 0.949. The third-order valence-electron chi connectivity index (χ3n) is 1.74. The van der Waals surface area contributed by atoms with Gasteiger partial charge < -0.3 is 0 Å². The van der Waals surface area contributed by atoms with E-state index in [2.05, 4.69) is 15.9 Å². The number of Topliss-reactive ketones (excluding diaryl/α,β-unsaturated/α-hetero) is 1. The van der Waals surface area contributed by atoms with E-state index < -0.39 is 11.6 Å². The van der Waals surface area contributed by atoms with Crippen LogP contribution in [0.4, 0.5) is 8.78 Å². The Labute approximate surface area is 82.9 Å². The van der Waals surface area contributed by atoms with E-state index >= 15 is 0 Å². The van der Waals surface area contributed by atoms with Crippen LogP contribution in [0.1, 0.15) is 15.9 Å². The molecule has 0 aliphatic carbocycles. The standard InChI is InChI=1S/C9H7BrF2O/c1-5-7(11)3-2-6(9(5)12)8(13)4-10/h2-3H,4H2,1H3. The van der Waals surface area contributed by atoms with E-state index in [9.17, 15) is 13.6 Å². The van der Waals surface area contributed by atoms with E-state index in [4.69, 9.17) is 0 Å². The Morgan fingerprint density at radius 2 is 2.08 bits per heavy atom. The topological polar surface area (TPSA) is 17.1 Å². The minimum absolute atomic E-state index is 0.0367. The molecular formula is C9H7BrF2O. The summed E-state index contributed by atoms with van der Waals surface area (Å²) in [7, 11) is 0. The second kappa shape index (κ2) is 3.96. The van der Waals surface area contributed by atoms with Crippen LogP contribution in [0.15, 0.2) is 12.1 Å². The number of alkyl halides is 1. The molecule has 0 unspecified atom stereocenters. The molecule has 0 aliphatic heterocycles. The zero-order valence-electron chi connectivity index (χ0n) is 6.90. The number of hydrogen-bond acceptors (Lipinski definition) is 1. The summed E-state index contributed by atoms with van der Waals surface area (Å²) in [6.45, 7) is 1.30. The number of carbonyl (C=O) groups excluding carboxylic acids is 1. The zero-order chi connectivity index (χ0) is 10.0. The van der Waals surface area contributed by atoms with E-state index in [0.717, 1.165) is 12.1 Å². The van der Waals surface area contributed by atoms with Crippen molar-refractivity contribution >= 4 is 21.7 Å². The minimum Gasteiger partial charge on any atom is -0.293 e. The van der Waals surface area contributed by atoms with Crippen molar-refractivity contribution < 1.29 is 13.6 Å². The molecule has 0 saturated carbocycles. The van der Waals surface area contributed by atoms with Crippen molar-refractivity contribution in [1.82, 2.24) is 0 Å². The van der Waals surface area contributed by atoms with Crippen LogP contribution in [0.25, 0.3) is 0 Å². The highest BCUT2D eigenvalue weighted by Gasteiger charge is 2.14. The van der Waals surface area contributed by atoms with Gasteiger partial charge in [0.05, 0.1) is 10.9 Å². The van der Waals surface area contributed by atoms with Crippen molar-refractivity contribution in [3.05, 3.63) is 34.9 Å². The first kappa shape index (κ1) is 10.3. The summed E-state index contributed by atoms with van der Waals surface area (Å²) in [5.41, 5.74) is -0.192. The SMILES string of the molecule is Cc1c(F)ccc(C(=O)CBr)c1F. The Kier molecular flexibility index (Phi) is 3.14. The number of rotatable bonds is 2. The molecule has 0 radical (unpaired) electrons. The number of halogens is 3. The summed E-state index contributed by atoms with van der Waals surface area (Å²) in [5.74, 6) is -1.80. The Morgan fingerprint density at radius 1 is 1.46 bits per heavy atom. The Bertz CT molecular complexity index is 350. The summed E-state index contributed by atoms with van der Waals surface area (Å²) in [4.78, 5) is 11.1. The van der Waals surface area contributed by atoms with Crippen LogP contribution in [-0.2, 0) is 0 Å². The molecule has 0 amide bonds. The first-order chi connectivity index (χ1) is 6.07. The van der Waals surface area contributed by atoms with Crippen molar-refractivity contribution in [3.8, 4) is 0 Å². The van der Waals surface area contributed by atoms with Gasteiger partial charge in [0, 0.05) is 5.56 Å². The molecule has 0 N–H and O–H groups in total. The highest BCUT2D eigenvalue weighted by Crippen LogP contribution is 2.16. The lowest BCUT2D eigenvalue weighted by Gasteiger charge is -2.03. The molecule has 0 saturated heterocycles. The van der Waals surface area contributed by atoms with Crippen LogP contribution in [0.2, 0.25) is 0 Å². The van der Waals surface area contributed by atoms with Crippen LogP contribution >= 0.6 is 15.9 Å². The van der Waals surface area contributed by atoms with Crippen LogP contribution in [0.3, 0.4) is 0 Å². The maximum absolute atomic E-state index is 13.2. The average molecular weight is 249 g/mol. The normalized spacial score (nSPS) is 10.2. The summed E-state index contributed by atoms with van der Waals surface area (Å²) in [6, 6.07) is 2.25. The van der Waals surface area contributed by atoms with Crippen molar-refractivity contribution in [2.75, 3.05) is 5.33 Å². The van der Waals surface area contributed by atoms with Gasteiger partial charge in [-0.2, -0.15) is 0 Å². The lowest BCUT2D eigenvalue weighted by Crippen LogP contribution is -2.05. The molecule has 1 nitrogen and oxygen atoms in total.